The van der Waals surface area contributed by atoms with Crippen molar-refractivity contribution in [2.45, 2.75) is 6.04 Å². The van der Waals surface area contributed by atoms with Crippen LogP contribution >= 0.6 is 0 Å². The molecule has 3 aromatic carbocycles. The number of nitrogens with one attached hydrogen (secondary N) is 2. The topological polar surface area (TPSA) is 44.4 Å². The van der Waals surface area contributed by atoms with Crippen LogP contribution in [0, 0.1) is 0 Å². The van der Waals surface area contributed by atoms with Crippen LogP contribution in [-0.2, 0) is 0 Å². The van der Waals surface area contributed by atoms with E-state index < -0.39 is 0 Å². The molecule has 0 aliphatic carbocycles. The molecule has 0 aromatic heterocycles. The summed E-state index contributed by atoms with van der Waals surface area (Å²) in [5.41, 5.74) is 1.90. The minimum absolute atomic E-state index is 0.0776. The molecule has 1 atom stereocenters. The van der Waals surface area contributed by atoms with Crippen LogP contribution in [-0.4, -0.2) is 31.6 Å². The Kier molecular flexibility index (Phi) is 5.31. The number of likely N-dealkylation sites (N-methyl/N-ethyl adjacent to an activating group) is 1. The minimum atomic E-state index is -0.202. The van der Waals surface area contributed by atoms with Crippen LogP contribution < -0.4 is 10.6 Å². The van der Waals surface area contributed by atoms with Gasteiger partial charge in [0, 0.05) is 11.9 Å². The highest BCUT2D eigenvalue weighted by Crippen LogP contribution is 2.23. The van der Waals surface area contributed by atoms with Crippen LogP contribution in [0.2, 0.25) is 0 Å². The quantitative estimate of drug-likeness (QED) is 0.732. The number of hydrogen-bond donors (Lipinski definition) is 2. The molecule has 0 aliphatic rings. The van der Waals surface area contributed by atoms with Crippen LogP contribution in [0.4, 0.5) is 10.5 Å². The summed E-state index contributed by atoms with van der Waals surface area (Å²) in [5, 5.41) is 8.21. The van der Waals surface area contributed by atoms with Crippen LogP contribution in [0.5, 0.6) is 0 Å². The Morgan fingerprint density at radius 3 is 2.36 bits per heavy atom. The van der Waals surface area contributed by atoms with Gasteiger partial charge in [-0.3, -0.25) is 0 Å². The first-order valence-electron chi connectivity index (χ1n) is 8.38. The third-order valence-corrected chi connectivity index (χ3v) is 4.09. The van der Waals surface area contributed by atoms with Crippen molar-refractivity contribution in [1.82, 2.24) is 10.2 Å². The van der Waals surface area contributed by atoms with E-state index >= 15 is 0 Å². The first kappa shape index (κ1) is 17.0. The molecule has 0 saturated carbocycles. The number of carbonyl (C=O) groups is 1. The highest BCUT2D eigenvalue weighted by Gasteiger charge is 2.16. The fourth-order valence-electron chi connectivity index (χ4n) is 2.94. The van der Waals surface area contributed by atoms with Gasteiger partial charge >= 0.3 is 6.03 Å². The van der Waals surface area contributed by atoms with Crippen molar-refractivity contribution >= 4 is 22.5 Å². The molecule has 0 unspecified atom stereocenters. The van der Waals surface area contributed by atoms with Crippen LogP contribution in [0.1, 0.15) is 11.6 Å². The lowest BCUT2D eigenvalue weighted by Gasteiger charge is -2.23. The summed E-state index contributed by atoms with van der Waals surface area (Å²) >= 11 is 0. The van der Waals surface area contributed by atoms with E-state index in [9.17, 15) is 4.79 Å². The highest BCUT2D eigenvalue weighted by atomic mass is 16.2. The summed E-state index contributed by atoms with van der Waals surface area (Å²) in [6.45, 7) is 0.729. The Morgan fingerprint density at radius 2 is 1.60 bits per heavy atom. The molecule has 4 heteroatoms. The average molecular weight is 333 g/mol. The van der Waals surface area contributed by atoms with Gasteiger partial charge in [0.1, 0.15) is 0 Å². The van der Waals surface area contributed by atoms with Crippen LogP contribution in [0.25, 0.3) is 10.8 Å². The van der Waals surface area contributed by atoms with E-state index in [-0.39, 0.29) is 12.1 Å². The number of fused-ring (bicyclic) bond motifs is 1. The van der Waals surface area contributed by atoms with E-state index in [0.29, 0.717) is 0 Å². The number of carbonyl (C=O) groups excluding carboxylic acids is 1. The van der Waals surface area contributed by atoms with Gasteiger partial charge in [-0.05, 0) is 31.1 Å². The molecule has 128 valence electrons. The Morgan fingerprint density at radius 1 is 0.920 bits per heavy atom. The molecule has 3 aromatic rings. The average Bonchev–Trinajstić information content (AvgIpc) is 2.62. The SMILES string of the molecule is CN(C)C[C@H](NC(=O)Nc1cccc2ccccc12)c1ccccc1. The smallest absolute Gasteiger partial charge is 0.319 e. The molecule has 4 nitrogen and oxygen atoms in total. The Balaban J connectivity index is 1.77. The fraction of sp³-hybridized carbons (Fsp3) is 0.190. The first-order chi connectivity index (χ1) is 12.1. The molecular weight excluding hydrogens is 310 g/mol. The van der Waals surface area contributed by atoms with Gasteiger partial charge in [0.15, 0.2) is 0 Å². The van der Waals surface area contributed by atoms with E-state index in [2.05, 4.69) is 15.5 Å². The summed E-state index contributed by atoms with van der Waals surface area (Å²) < 4.78 is 0. The summed E-state index contributed by atoms with van der Waals surface area (Å²) in [5.74, 6) is 0. The van der Waals surface area contributed by atoms with Gasteiger partial charge in [-0.25, -0.2) is 4.79 Å². The second kappa shape index (κ2) is 7.81. The molecule has 0 spiro atoms. The Hall–Kier alpha value is -2.85. The Labute approximate surface area is 148 Å². The third-order valence-electron chi connectivity index (χ3n) is 4.09. The van der Waals surface area contributed by atoms with Crippen molar-refractivity contribution in [3.63, 3.8) is 0 Å². The molecule has 0 fully saturated rings. The number of hydrogen-bond acceptors (Lipinski definition) is 2. The number of anilines is 1. The minimum Gasteiger partial charge on any atom is -0.330 e. The molecule has 0 radical (unpaired) electrons. The second-order valence-electron chi connectivity index (χ2n) is 6.35. The number of nitrogens with zero attached hydrogens (tertiary/aromatic N) is 1. The van der Waals surface area contributed by atoms with Crippen molar-refractivity contribution in [2.75, 3.05) is 26.0 Å². The van der Waals surface area contributed by atoms with Crippen molar-refractivity contribution in [3.8, 4) is 0 Å². The zero-order chi connectivity index (χ0) is 17.6. The predicted molar refractivity (Wildman–Crippen MR) is 104 cm³/mol. The second-order valence-corrected chi connectivity index (χ2v) is 6.35. The third kappa shape index (κ3) is 4.37. The molecule has 0 saturated heterocycles. The number of benzene rings is 3. The molecule has 3 rings (SSSR count). The lowest BCUT2D eigenvalue weighted by molar-refractivity contribution is 0.244. The van der Waals surface area contributed by atoms with Crippen molar-refractivity contribution in [1.29, 1.82) is 0 Å². The van der Waals surface area contributed by atoms with Gasteiger partial charge in [0.05, 0.1) is 11.7 Å². The summed E-state index contributed by atoms with van der Waals surface area (Å²) in [7, 11) is 4.00. The molecule has 2 N–H and O–H groups in total. The monoisotopic (exact) mass is 333 g/mol. The van der Waals surface area contributed by atoms with E-state index in [0.717, 1.165) is 28.6 Å². The lowest BCUT2D eigenvalue weighted by Crippen LogP contribution is -2.37. The lowest BCUT2D eigenvalue weighted by atomic mass is 10.1. The van der Waals surface area contributed by atoms with Gasteiger partial charge in [-0.2, -0.15) is 0 Å². The first-order valence-corrected chi connectivity index (χ1v) is 8.38. The number of urea groups is 1. The molecule has 0 heterocycles. The maximum Gasteiger partial charge on any atom is 0.319 e. The maximum atomic E-state index is 12.6. The summed E-state index contributed by atoms with van der Waals surface area (Å²) in [4.78, 5) is 14.6. The standard InChI is InChI=1S/C21H23N3O/c1-24(2)15-20(17-10-4-3-5-11-17)23-21(25)22-19-14-8-12-16-9-6-7-13-18(16)19/h3-14,20H,15H2,1-2H3,(H2,22,23,25)/t20-/m0/s1. The highest BCUT2D eigenvalue weighted by molar-refractivity contribution is 6.01. The molecule has 25 heavy (non-hydrogen) atoms. The van der Waals surface area contributed by atoms with Gasteiger partial charge in [-0.1, -0.05) is 66.7 Å². The summed E-state index contributed by atoms with van der Waals surface area (Å²) in [6, 6.07) is 23.7. The van der Waals surface area contributed by atoms with E-state index in [4.69, 9.17) is 0 Å². The zero-order valence-corrected chi connectivity index (χ0v) is 14.6. The normalized spacial score (nSPS) is 12.1. The van der Waals surface area contributed by atoms with Crippen molar-refractivity contribution in [3.05, 3.63) is 78.4 Å². The summed E-state index contributed by atoms with van der Waals surface area (Å²) in [6.07, 6.45) is 0. The van der Waals surface area contributed by atoms with Crippen LogP contribution in [0.3, 0.4) is 0 Å². The maximum absolute atomic E-state index is 12.6. The van der Waals surface area contributed by atoms with Gasteiger partial charge in [-0.15, -0.1) is 0 Å². The molecule has 0 aliphatic heterocycles. The Bertz CT molecular complexity index is 841. The number of rotatable bonds is 5. The molecule has 0 bridgehead atoms. The largest absolute Gasteiger partial charge is 0.330 e. The molecule has 2 amide bonds. The van der Waals surface area contributed by atoms with Crippen LogP contribution in [0.15, 0.2) is 72.8 Å². The zero-order valence-electron chi connectivity index (χ0n) is 14.6. The van der Waals surface area contributed by atoms with Gasteiger partial charge in [0.2, 0.25) is 0 Å². The van der Waals surface area contributed by atoms with E-state index in [1.54, 1.807) is 0 Å². The number of amides is 2. The van der Waals surface area contributed by atoms with Gasteiger partial charge < -0.3 is 15.5 Å². The van der Waals surface area contributed by atoms with Crippen molar-refractivity contribution < 1.29 is 4.79 Å². The molecular formula is C21H23N3O. The fourth-order valence-corrected chi connectivity index (χ4v) is 2.94. The van der Waals surface area contributed by atoms with E-state index in [1.807, 2.05) is 86.9 Å². The van der Waals surface area contributed by atoms with Crippen molar-refractivity contribution in [2.24, 2.45) is 0 Å². The van der Waals surface area contributed by atoms with E-state index in [1.165, 1.54) is 0 Å². The predicted octanol–water partition coefficient (Wildman–Crippen LogP) is 4.26. The van der Waals surface area contributed by atoms with Gasteiger partial charge in [0.25, 0.3) is 0 Å².